The molecule has 0 atom stereocenters. The van der Waals surface area contributed by atoms with Crippen LogP contribution in [0.5, 0.6) is 0 Å². The Hall–Kier alpha value is -2.13. The third-order valence-electron chi connectivity index (χ3n) is 3.76. The number of azo groups is 1. The second-order valence-corrected chi connectivity index (χ2v) is 7.14. The Labute approximate surface area is 186 Å². The summed E-state index contributed by atoms with van der Waals surface area (Å²) < 4.78 is 28.0. The maximum Gasteiger partial charge on any atom is 1.00 e. The zero-order valence-corrected chi connectivity index (χ0v) is 17.6. The molecular weight excluding hydrogens is 415 g/mol. The van der Waals surface area contributed by atoms with Crippen molar-refractivity contribution in [1.82, 2.24) is 5.23 Å². The standard InChI is InChI=1S/C16H12N4O7S.Na/c17-9-6-12(16(22)13(7-9)20(23)24)18-19-15-11-3-2-10(28(25,26)27)5-8(11)1-4-14(15)21;/h1-7,17,23,25-27H;/q;+1. The summed E-state index contributed by atoms with van der Waals surface area (Å²) in [5.41, 5.74) is -1.02. The molecule has 0 bridgehead atoms. The number of carbonyl (C=O) groups excluding carboxylic acids is 2. The Balaban J connectivity index is 0.00000300. The molecule has 0 aromatic carbocycles. The van der Waals surface area contributed by atoms with Crippen molar-refractivity contribution in [3.8, 4) is 0 Å². The van der Waals surface area contributed by atoms with Crippen molar-refractivity contribution in [3.05, 3.63) is 76.0 Å². The first-order valence-corrected chi connectivity index (χ1v) is 8.97. The van der Waals surface area contributed by atoms with E-state index < -0.39 is 38.6 Å². The average Bonchev–Trinajstić information content (AvgIpc) is 2.61. The van der Waals surface area contributed by atoms with E-state index in [-0.39, 0.29) is 51.4 Å². The summed E-state index contributed by atoms with van der Waals surface area (Å²) in [6.45, 7) is 0. The summed E-state index contributed by atoms with van der Waals surface area (Å²) >= 11 is 0. The molecule has 0 aromatic rings. The number of fused-ring (bicyclic) bond motifs is 1. The maximum atomic E-state index is 12.2. The topological polar surface area (TPSA) is 190 Å². The van der Waals surface area contributed by atoms with Gasteiger partial charge in [0.05, 0.1) is 5.71 Å². The second-order valence-electron chi connectivity index (χ2n) is 5.63. The van der Waals surface area contributed by atoms with E-state index in [9.17, 15) is 28.5 Å². The molecule has 0 heterocycles. The molecule has 144 valence electrons. The summed E-state index contributed by atoms with van der Waals surface area (Å²) in [5, 5.41) is 34.2. The van der Waals surface area contributed by atoms with E-state index in [4.69, 9.17) is 10.6 Å². The van der Waals surface area contributed by atoms with Gasteiger partial charge >= 0.3 is 29.6 Å². The summed E-state index contributed by atoms with van der Waals surface area (Å²) in [6, 6.07) is 0. The van der Waals surface area contributed by atoms with Crippen LogP contribution in [0.15, 0.2) is 81.0 Å². The van der Waals surface area contributed by atoms with Crippen LogP contribution in [0, 0.1) is 10.6 Å². The number of nitrogens with one attached hydrogen (secondary N) is 1. The third kappa shape index (κ3) is 4.90. The number of hydrogen-bond donors (Lipinski definition) is 5. The van der Waals surface area contributed by atoms with Gasteiger partial charge in [-0.1, -0.05) is 6.08 Å². The minimum atomic E-state index is -3.95. The average molecular weight is 427 g/mol. The van der Waals surface area contributed by atoms with E-state index in [0.29, 0.717) is 5.57 Å². The van der Waals surface area contributed by atoms with Crippen LogP contribution < -0.4 is 29.6 Å². The van der Waals surface area contributed by atoms with E-state index in [1.54, 1.807) is 0 Å². The molecule has 3 rings (SSSR count). The van der Waals surface area contributed by atoms with Crippen LogP contribution in [-0.2, 0) is 20.0 Å². The molecule has 0 amide bonds. The van der Waals surface area contributed by atoms with Crippen LogP contribution in [0.1, 0.15) is 0 Å². The fraction of sp³-hybridized carbons (Fsp3) is 0. The number of rotatable bonds is 3. The Bertz CT molecular complexity index is 1080. The van der Waals surface area contributed by atoms with Crippen LogP contribution in [0.25, 0.3) is 0 Å². The predicted molar refractivity (Wildman–Crippen MR) is 99.4 cm³/mol. The molecule has 0 saturated heterocycles. The predicted octanol–water partition coefficient (Wildman–Crippen LogP) is -1.36. The van der Waals surface area contributed by atoms with Crippen molar-refractivity contribution in [2.75, 3.05) is 0 Å². The monoisotopic (exact) mass is 427 g/mol. The molecule has 0 radical (unpaired) electrons. The van der Waals surface area contributed by atoms with E-state index in [1.807, 2.05) is 0 Å². The van der Waals surface area contributed by atoms with E-state index in [2.05, 4.69) is 10.2 Å². The number of nitrogens with zero attached hydrogens (tertiary/aromatic N) is 3. The van der Waals surface area contributed by atoms with Gasteiger partial charge in [-0.15, -0.1) is 10.2 Å². The smallest absolute Gasteiger partial charge is 0.733 e. The number of ketones is 2. The molecule has 11 nitrogen and oxygen atoms in total. The fourth-order valence-electron chi connectivity index (χ4n) is 2.46. The van der Waals surface area contributed by atoms with Gasteiger partial charge in [-0.05, 0) is 36.0 Å². The quantitative estimate of drug-likeness (QED) is 0.0910. The molecule has 29 heavy (non-hydrogen) atoms. The van der Waals surface area contributed by atoms with Gasteiger partial charge in [-0.2, -0.15) is 13.7 Å². The van der Waals surface area contributed by atoms with Gasteiger partial charge < -0.3 is 15.8 Å². The van der Waals surface area contributed by atoms with Crippen LogP contribution in [0.3, 0.4) is 0 Å². The Morgan fingerprint density at radius 3 is 2.31 bits per heavy atom. The molecule has 0 aliphatic heterocycles. The van der Waals surface area contributed by atoms with E-state index in [1.165, 1.54) is 24.3 Å². The number of Topliss-reactive ketones (excluding diaryl/α,β-unsaturated/α-hetero) is 1. The molecular formula is C16H12N4NaO7S+. The number of hydroxylamine groups is 2. The van der Waals surface area contributed by atoms with Crippen molar-refractivity contribution < 1.29 is 58.0 Å². The first-order valence-electron chi connectivity index (χ1n) is 7.47. The van der Waals surface area contributed by atoms with Crippen LogP contribution >= 0.6 is 0 Å². The molecule has 3 aliphatic rings. The molecule has 0 unspecified atom stereocenters. The largest absolute Gasteiger partial charge is 1.00 e. The number of carbonyl (C=O) groups is 2. The van der Waals surface area contributed by atoms with Gasteiger partial charge in [-0.25, -0.2) is 0 Å². The Morgan fingerprint density at radius 1 is 1.00 bits per heavy atom. The van der Waals surface area contributed by atoms with Gasteiger partial charge in [0.1, 0.15) is 17.1 Å². The van der Waals surface area contributed by atoms with Crippen LogP contribution in [0.2, 0.25) is 0 Å². The second kappa shape index (κ2) is 8.71. The zero-order valence-electron chi connectivity index (χ0n) is 14.8. The van der Waals surface area contributed by atoms with Crippen molar-refractivity contribution >= 4 is 32.6 Å². The maximum absolute atomic E-state index is 12.2. The van der Waals surface area contributed by atoms with Crippen molar-refractivity contribution in [3.63, 3.8) is 0 Å². The van der Waals surface area contributed by atoms with Gasteiger partial charge in [0, 0.05) is 11.6 Å². The summed E-state index contributed by atoms with van der Waals surface area (Å²) in [5.74, 6) is -1.54. The fourth-order valence-corrected chi connectivity index (χ4v) is 3.00. The third-order valence-corrected chi connectivity index (χ3v) is 4.64. The molecule has 0 spiro atoms. The van der Waals surface area contributed by atoms with Crippen molar-refractivity contribution in [2.45, 2.75) is 0 Å². The molecule has 0 aromatic heterocycles. The van der Waals surface area contributed by atoms with Crippen LogP contribution in [0.4, 0.5) is 0 Å². The Morgan fingerprint density at radius 2 is 1.69 bits per heavy atom. The molecule has 5 N–H and O–H groups in total. The first kappa shape index (κ1) is 23.2. The molecule has 0 fully saturated rings. The SMILES string of the molecule is N=C1C=C(N=NC2=C3C=CC(=[S+](O)(O)O)C=C3C=CC2=O)C(=O)C(N([O-])O)=C1.[Na+]. The van der Waals surface area contributed by atoms with Gasteiger partial charge in [-0.3, -0.25) is 14.8 Å². The zero-order chi connectivity index (χ0) is 20.6. The number of allylic oxidation sites excluding steroid dienone is 9. The van der Waals surface area contributed by atoms with Gasteiger partial charge in [0.2, 0.25) is 16.4 Å². The molecule has 3 aliphatic carbocycles. The van der Waals surface area contributed by atoms with E-state index in [0.717, 1.165) is 18.2 Å². The number of hydrogen-bond acceptors (Lipinski definition) is 11. The summed E-state index contributed by atoms with van der Waals surface area (Å²) in [4.78, 5) is 24.1. The summed E-state index contributed by atoms with van der Waals surface area (Å²) in [7, 11) is -3.95. The molecule has 13 heteroatoms. The van der Waals surface area contributed by atoms with Gasteiger partial charge in [0.25, 0.3) is 10.5 Å². The minimum absolute atomic E-state index is 0. The first-order chi connectivity index (χ1) is 13.1. The van der Waals surface area contributed by atoms with Crippen molar-refractivity contribution in [1.29, 1.82) is 5.41 Å². The Kier molecular flexibility index (Phi) is 6.95. The van der Waals surface area contributed by atoms with Crippen molar-refractivity contribution in [2.24, 2.45) is 10.2 Å². The minimum Gasteiger partial charge on any atom is -0.733 e. The molecule has 0 saturated carbocycles. The van der Waals surface area contributed by atoms with E-state index >= 15 is 0 Å². The van der Waals surface area contributed by atoms with Crippen LogP contribution in [-0.4, -0.2) is 46.2 Å². The normalized spacial score (nSPS) is 19.1. The van der Waals surface area contributed by atoms with Gasteiger partial charge in [0.15, 0.2) is 0 Å². The summed E-state index contributed by atoms with van der Waals surface area (Å²) in [6.07, 6.45) is 8.15.